The van der Waals surface area contributed by atoms with E-state index >= 15 is 0 Å². The maximum atomic E-state index is 11.8. The molecular weight excluding hydrogens is 488 g/mol. The summed E-state index contributed by atoms with van der Waals surface area (Å²) in [6, 6.07) is 6.55. The van der Waals surface area contributed by atoms with E-state index in [2.05, 4.69) is 89.9 Å². The van der Waals surface area contributed by atoms with Gasteiger partial charge in [-0.15, -0.1) is 11.8 Å². The predicted molar refractivity (Wildman–Crippen MR) is 159 cm³/mol. The van der Waals surface area contributed by atoms with E-state index in [9.17, 15) is 4.79 Å². The van der Waals surface area contributed by atoms with Gasteiger partial charge in [-0.3, -0.25) is 4.79 Å². The lowest BCUT2D eigenvalue weighted by molar-refractivity contribution is -0.143. The Labute approximate surface area is 233 Å². The number of rotatable bonds is 11. The Morgan fingerprint density at radius 1 is 1.26 bits per heavy atom. The van der Waals surface area contributed by atoms with Crippen molar-refractivity contribution >= 4 is 14.3 Å². The summed E-state index contributed by atoms with van der Waals surface area (Å²) in [5.74, 6) is 8.72. The predicted octanol–water partition coefficient (Wildman–Crippen LogP) is 8.07. The number of aryl methyl sites for hydroxylation is 1. The summed E-state index contributed by atoms with van der Waals surface area (Å²) in [6.07, 6.45) is 8.98. The summed E-state index contributed by atoms with van der Waals surface area (Å²) in [5, 5.41) is 0.157. The van der Waals surface area contributed by atoms with Crippen molar-refractivity contribution in [3.63, 3.8) is 0 Å². The van der Waals surface area contributed by atoms with E-state index in [-0.39, 0.29) is 29.1 Å². The molecule has 2 aliphatic rings. The third kappa shape index (κ3) is 7.13. The molecule has 0 radical (unpaired) electrons. The second-order valence-corrected chi connectivity index (χ2v) is 17.5. The molecule has 1 saturated carbocycles. The molecule has 1 aliphatic carbocycles. The van der Waals surface area contributed by atoms with Gasteiger partial charge in [0.2, 0.25) is 0 Å². The molecule has 5 heteroatoms. The zero-order valence-electron chi connectivity index (χ0n) is 25.2. The number of hydrogen-bond donors (Lipinski definition) is 0. The molecule has 6 atom stereocenters. The molecule has 0 aromatic heterocycles. The summed E-state index contributed by atoms with van der Waals surface area (Å²) >= 11 is 0. The van der Waals surface area contributed by atoms with Gasteiger partial charge >= 0.3 is 5.97 Å². The fraction of sp³-hybridized carbons (Fsp3) is 0.667. The fourth-order valence-corrected chi connectivity index (χ4v) is 6.79. The SMILES string of the molecule is CC#CC[C@H](C)C(C)/C=C/[C@@H]1[C@H]2c3cccc(CCCC(=O)OCC)c3O[C@H]2C[C@H]1O[Si](C)(C)C(C)(C)C. The summed E-state index contributed by atoms with van der Waals surface area (Å²) in [6.45, 7) is 20.4. The van der Waals surface area contributed by atoms with Crippen LogP contribution >= 0.6 is 0 Å². The van der Waals surface area contributed by atoms with E-state index in [4.69, 9.17) is 13.9 Å². The van der Waals surface area contributed by atoms with E-state index in [1.54, 1.807) is 0 Å². The summed E-state index contributed by atoms with van der Waals surface area (Å²) in [7, 11) is -1.94. The van der Waals surface area contributed by atoms with Crippen LogP contribution in [0.3, 0.4) is 0 Å². The van der Waals surface area contributed by atoms with Gasteiger partial charge in [0.25, 0.3) is 0 Å². The first-order valence-corrected chi connectivity index (χ1v) is 17.5. The van der Waals surface area contributed by atoms with Crippen molar-refractivity contribution in [1.29, 1.82) is 0 Å². The van der Waals surface area contributed by atoms with Crippen LogP contribution in [-0.2, 0) is 20.4 Å². The second kappa shape index (κ2) is 12.9. The lowest BCUT2D eigenvalue weighted by Gasteiger charge is -2.40. The van der Waals surface area contributed by atoms with Crippen molar-refractivity contribution in [1.82, 2.24) is 0 Å². The van der Waals surface area contributed by atoms with E-state index in [1.807, 2.05) is 13.8 Å². The highest BCUT2D eigenvalue weighted by atomic mass is 28.4. The van der Waals surface area contributed by atoms with Crippen LogP contribution in [0, 0.1) is 29.6 Å². The molecule has 0 spiro atoms. The van der Waals surface area contributed by atoms with Gasteiger partial charge in [0.1, 0.15) is 11.9 Å². The lowest BCUT2D eigenvalue weighted by Crippen LogP contribution is -2.45. The van der Waals surface area contributed by atoms with E-state index in [0.717, 1.165) is 31.4 Å². The number of allylic oxidation sites excluding steroid dienone is 1. The van der Waals surface area contributed by atoms with Crippen LogP contribution in [0.2, 0.25) is 18.1 Å². The Bertz CT molecular complexity index is 1040. The fourth-order valence-electron chi connectivity index (χ4n) is 5.42. The highest BCUT2D eigenvalue weighted by Crippen LogP contribution is 2.54. The van der Waals surface area contributed by atoms with E-state index in [0.29, 0.717) is 30.8 Å². The maximum Gasteiger partial charge on any atom is 0.305 e. The first-order chi connectivity index (χ1) is 17.9. The monoisotopic (exact) mass is 538 g/mol. The van der Waals surface area contributed by atoms with Gasteiger partial charge < -0.3 is 13.9 Å². The minimum Gasteiger partial charge on any atom is -0.489 e. The highest BCUT2D eigenvalue weighted by Gasteiger charge is 2.52. The number of ether oxygens (including phenoxy) is 2. The van der Waals surface area contributed by atoms with Crippen LogP contribution in [0.5, 0.6) is 5.75 Å². The Morgan fingerprint density at radius 3 is 2.66 bits per heavy atom. The quantitative estimate of drug-likeness (QED) is 0.124. The first kappa shape index (κ1) is 30.5. The number of fused-ring (bicyclic) bond motifs is 3. The Balaban J connectivity index is 1.86. The van der Waals surface area contributed by atoms with Crippen LogP contribution in [0.1, 0.15) is 91.2 Å². The number of carbonyl (C=O) groups is 1. The highest BCUT2D eigenvalue weighted by molar-refractivity contribution is 6.74. The summed E-state index contributed by atoms with van der Waals surface area (Å²) in [5.41, 5.74) is 2.50. The lowest BCUT2D eigenvalue weighted by atomic mass is 9.85. The second-order valence-electron chi connectivity index (χ2n) is 12.8. The van der Waals surface area contributed by atoms with Crippen LogP contribution in [0.25, 0.3) is 0 Å². The molecule has 1 unspecified atom stereocenters. The molecule has 1 heterocycles. The van der Waals surface area contributed by atoms with Gasteiger partial charge in [0, 0.05) is 36.7 Å². The zero-order valence-corrected chi connectivity index (χ0v) is 26.2. The minimum atomic E-state index is -1.94. The summed E-state index contributed by atoms with van der Waals surface area (Å²) in [4.78, 5) is 11.8. The maximum absolute atomic E-state index is 11.8. The first-order valence-electron chi connectivity index (χ1n) is 14.6. The molecule has 1 aliphatic heterocycles. The molecular formula is C33H50O4Si. The van der Waals surface area contributed by atoms with Crippen LogP contribution in [0.15, 0.2) is 30.4 Å². The van der Waals surface area contributed by atoms with E-state index < -0.39 is 8.32 Å². The molecule has 3 rings (SSSR count). The number of esters is 1. The van der Waals surface area contributed by atoms with Crippen molar-refractivity contribution in [3.8, 4) is 17.6 Å². The van der Waals surface area contributed by atoms with Crippen molar-refractivity contribution in [2.24, 2.45) is 17.8 Å². The van der Waals surface area contributed by atoms with Crippen LogP contribution in [-0.4, -0.2) is 33.1 Å². The molecule has 1 aromatic carbocycles. The largest absolute Gasteiger partial charge is 0.489 e. The number of benzene rings is 1. The van der Waals surface area contributed by atoms with Crippen molar-refractivity contribution in [2.75, 3.05) is 6.61 Å². The smallest absolute Gasteiger partial charge is 0.305 e. The van der Waals surface area contributed by atoms with Gasteiger partial charge in [0.15, 0.2) is 8.32 Å². The molecule has 210 valence electrons. The Morgan fingerprint density at radius 2 is 2.00 bits per heavy atom. The van der Waals surface area contributed by atoms with Gasteiger partial charge in [-0.05, 0) is 62.2 Å². The average Bonchev–Trinajstić information content (AvgIpc) is 3.36. The zero-order chi connectivity index (χ0) is 28.1. The normalized spacial score (nSPS) is 24.2. The number of hydrogen-bond acceptors (Lipinski definition) is 4. The average molecular weight is 539 g/mol. The third-order valence-electron chi connectivity index (χ3n) is 8.98. The molecule has 0 saturated heterocycles. The third-order valence-corrected chi connectivity index (χ3v) is 13.5. The molecule has 0 amide bonds. The Kier molecular flexibility index (Phi) is 10.3. The van der Waals surface area contributed by atoms with Crippen LogP contribution in [0.4, 0.5) is 0 Å². The molecule has 1 aromatic rings. The number of para-hydroxylation sites is 1. The van der Waals surface area contributed by atoms with Crippen molar-refractivity contribution in [2.45, 2.75) is 117 Å². The molecule has 4 nitrogen and oxygen atoms in total. The van der Waals surface area contributed by atoms with E-state index in [1.165, 1.54) is 11.1 Å². The number of carbonyl (C=O) groups excluding carboxylic acids is 1. The topological polar surface area (TPSA) is 44.8 Å². The molecule has 0 N–H and O–H groups in total. The van der Waals surface area contributed by atoms with Gasteiger partial charge in [0.05, 0.1) is 12.7 Å². The molecule has 38 heavy (non-hydrogen) atoms. The Hall–Kier alpha value is -2.03. The van der Waals surface area contributed by atoms with Crippen molar-refractivity contribution < 1.29 is 18.7 Å². The van der Waals surface area contributed by atoms with Crippen LogP contribution < -0.4 is 4.74 Å². The van der Waals surface area contributed by atoms with Crippen molar-refractivity contribution in [3.05, 3.63) is 41.5 Å². The molecule has 0 bridgehead atoms. The summed E-state index contributed by atoms with van der Waals surface area (Å²) < 4.78 is 18.9. The minimum absolute atomic E-state index is 0.123. The van der Waals surface area contributed by atoms with Gasteiger partial charge in [-0.2, -0.15) is 0 Å². The standard InChI is InChI=1S/C33H50O4Si/c1-10-12-15-23(3)24(4)20-21-26-28(37-38(8,9)33(5,6)7)22-29-31(26)27-18-13-16-25(32(27)36-29)17-14-19-30(34)35-11-2/h13,16,18,20-21,23-24,26,28-29,31H,11,14-15,17,19,22H2,1-9H3/b21-20+/t23-,24?,26-,28+,29-,31-/m0/s1. The molecule has 1 fully saturated rings. The van der Waals surface area contributed by atoms with Gasteiger partial charge in [-0.25, -0.2) is 0 Å². The van der Waals surface area contributed by atoms with Gasteiger partial charge in [-0.1, -0.05) is 65.0 Å².